The van der Waals surface area contributed by atoms with Crippen LogP contribution in [0.15, 0.2) is 0 Å². The van der Waals surface area contributed by atoms with Crippen molar-refractivity contribution in [2.75, 3.05) is 59.7 Å². The smallest absolute Gasteiger partial charge is 0.126 e. The molecule has 2 aliphatic carbocycles. The van der Waals surface area contributed by atoms with Crippen molar-refractivity contribution in [2.45, 2.75) is 37.9 Å². The van der Waals surface area contributed by atoms with E-state index in [1.54, 1.807) is 0 Å². The fourth-order valence-corrected chi connectivity index (χ4v) is 4.40. The average molecular weight is 314 g/mol. The minimum absolute atomic E-state index is 0.398. The van der Waals surface area contributed by atoms with E-state index in [1.807, 2.05) is 0 Å². The van der Waals surface area contributed by atoms with Gasteiger partial charge in [-0.25, -0.2) is 0 Å². The number of fused-ring (bicyclic) bond motifs is 2. The fourth-order valence-electron chi connectivity index (χ4n) is 4.40. The lowest BCUT2D eigenvalue weighted by atomic mass is 9.98. The first-order valence-electron chi connectivity index (χ1n) is 8.93. The molecule has 5 heteroatoms. The Labute approximate surface area is 134 Å². The van der Waals surface area contributed by atoms with Gasteiger partial charge in [0.15, 0.2) is 0 Å². The van der Waals surface area contributed by atoms with Crippen LogP contribution in [0.5, 0.6) is 0 Å². The zero-order valence-corrected chi connectivity index (χ0v) is 13.9. The van der Waals surface area contributed by atoms with Gasteiger partial charge in [0.05, 0.1) is 46.2 Å². The highest BCUT2D eigenvalue weighted by Gasteiger charge is 2.40. The summed E-state index contributed by atoms with van der Waals surface area (Å²) in [6.07, 6.45) is 5.48. The van der Waals surface area contributed by atoms with Crippen LogP contribution in [0, 0.1) is 11.8 Å². The highest BCUT2D eigenvalue weighted by atomic mass is 16.5. The maximum Gasteiger partial charge on any atom is 0.126 e. The zero-order valence-electron chi connectivity index (χ0n) is 13.9. The van der Waals surface area contributed by atoms with Crippen molar-refractivity contribution in [3.63, 3.8) is 0 Å². The molecule has 3 rings (SSSR count). The van der Waals surface area contributed by atoms with Crippen molar-refractivity contribution in [1.82, 2.24) is 0 Å². The van der Waals surface area contributed by atoms with Gasteiger partial charge in [-0.2, -0.15) is 0 Å². The second kappa shape index (κ2) is 7.58. The van der Waals surface area contributed by atoms with Crippen LogP contribution in [0.1, 0.15) is 25.7 Å². The Bertz CT molecular complexity index is 346. The van der Waals surface area contributed by atoms with Crippen molar-refractivity contribution in [2.24, 2.45) is 11.8 Å². The number of quaternary nitrogens is 1. The van der Waals surface area contributed by atoms with Gasteiger partial charge in [-0.15, -0.1) is 0 Å². The number of hydrogen-bond acceptors (Lipinski definition) is 4. The van der Waals surface area contributed by atoms with Gasteiger partial charge in [-0.3, -0.25) is 0 Å². The second-order valence-electron chi connectivity index (χ2n) is 7.67. The molecule has 5 nitrogen and oxygen atoms in total. The third kappa shape index (κ3) is 4.42. The first kappa shape index (κ1) is 16.7. The van der Waals surface area contributed by atoms with Gasteiger partial charge < -0.3 is 23.8 Å². The molecule has 0 spiro atoms. The summed E-state index contributed by atoms with van der Waals surface area (Å²) in [4.78, 5) is 0. The van der Waals surface area contributed by atoms with Crippen LogP contribution >= 0.6 is 0 Å². The number of likely N-dealkylation sites (N-methyl/N-ethyl adjacent to an activating group) is 1. The Balaban J connectivity index is 1.24. The van der Waals surface area contributed by atoms with E-state index in [0.717, 1.165) is 49.2 Å². The lowest BCUT2D eigenvalue weighted by Gasteiger charge is -2.38. The van der Waals surface area contributed by atoms with E-state index in [1.165, 1.54) is 25.7 Å². The molecule has 3 fully saturated rings. The lowest BCUT2D eigenvalue weighted by Crippen LogP contribution is -2.55. The van der Waals surface area contributed by atoms with Crippen LogP contribution in [0.25, 0.3) is 0 Å². The Hall–Kier alpha value is -0.200. The van der Waals surface area contributed by atoms with Crippen LogP contribution in [0.3, 0.4) is 0 Å². The predicted octanol–water partition coefficient (Wildman–Crippen LogP) is 1.05. The molecular weight excluding hydrogens is 282 g/mol. The summed E-state index contributed by atoms with van der Waals surface area (Å²) in [7, 11) is 2.18. The molecule has 1 heterocycles. The predicted molar refractivity (Wildman–Crippen MR) is 83.6 cm³/mol. The molecule has 0 aromatic carbocycles. The molecule has 0 aromatic heterocycles. The van der Waals surface area contributed by atoms with E-state index in [-0.39, 0.29) is 0 Å². The summed E-state index contributed by atoms with van der Waals surface area (Å²) >= 11 is 0. The van der Waals surface area contributed by atoms with Crippen LogP contribution in [0.2, 0.25) is 0 Å². The summed E-state index contributed by atoms with van der Waals surface area (Å²) in [6, 6.07) is 0. The average Bonchev–Trinajstić information content (AvgIpc) is 3.09. The van der Waals surface area contributed by atoms with Gasteiger partial charge in [0, 0.05) is 0 Å². The van der Waals surface area contributed by atoms with E-state index in [4.69, 9.17) is 14.2 Å². The first-order chi connectivity index (χ1) is 10.6. The third-order valence-corrected chi connectivity index (χ3v) is 5.75. The van der Waals surface area contributed by atoms with Crippen molar-refractivity contribution in [3.8, 4) is 0 Å². The Morgan fingerprint density at radius 1 is 1.18 bits per heavy atom. The van der Waals surface area contributed by atoms with Gasteiger partial charge in [-0.1, -0.05) is 0 Å². The SMILES string of the molecule is C[N+]1(C[C@@H](O)COCCO[C@H]2C[C@@H]3CC[C@@H]2C3)CCOCC1. The summed E-state index contributed by atoms with van der Waals surface area (Å²) < 4.78 is 17.8. The molecule has 0 unspecified atom stereocenters. The molecule has 22 heavy (non-hydrogen) atoms. The molecule has 0 amide bonds. The topological polar surface area (TPSA) is 47.9 Å². The molecule has 0 aromatic rings. The number of aliphatic hydroxyl groups is 1. The van der Waals surface area contributed by atoms with Crippen molar-refractivity contribution >= 4 is 0 Å². The zero-order chi connectivity index (χ0) is 15.4. The van der Waals surface area contributed by atoms with E-state index < -0.39 is 6.10 Å². The van der Waals surface area contributed by atoms with Crippen LogP contribution < -0.4 is 0 Å². The van der Waals surface area contributed by atoms with Gasteiger partial charge in [0.1, 0.15) is 25.7 Å². The molecule has 128 valence electrons. The van der Waals surface area contributed by atoms with Crippen molar-refractivity contribution < 1.29 is 23.8 Å². The second-order valence-corrected chi connectivity index (χ2v) is 7.67. The van der Waals surface area contributed by atoms with Crippen molar-refractivity contribution in [3.05, 3.63) is 0 Å². The minimum atomic E-state index is -0.398. The number of aliphatic hydroxyl groups excluding tert-OH is 1. The molecule has 1 aliphatic heterocycles. The summed E-state index contributed by atoms with van der Waals surface area (Å²) in [5, 5.41) is 10.1. The van der Waals surface area contributed by atoms with Crippen LogP contribution in [0.4, 0.5) is 0 Å². The highest BCUT2D eigenvalue weighted by molar-refractivity contribution is 4.90. The number of rotatable bonds is 8. The standard InChI is InChI=1S/C17H32NO4/c1-18(4-6-20-7-5-18)12-16(19)13-21-8-9-22-17-11-14-2-3-15(17)10-14/h14-17,19H,2-13H2,1H3/q+1/t14-,15-,16-,17+/m1/s1. The van der Waals surface area contributed by atoms with E-state index >= 15 is 0 Å². The quantitative estimate of drug-likeness (QED) is 0.537. The van der Waals surface area contributed by atoms with Crippen LogP contribution in [-0.4, -0.2) is 81.5 Å². The van der Waals surface area contributed by atoms with E-state index in [9.17, 15) is 5.11 Å². The van der Waals surface area contributed by atoms with Gasteiger partial charge in [0.25, 0.3) is 0 Å². The number of morpholine rings is 1. The van der Waals surface area contributed by atoms with E-state index in [0.29, 0.717) is 25.9 Å². The molecule has 2 saturated carbocycles. The summed E-state index contributed by atoms with van der Waals surface area (Å²) in [5.41, 5.74) is 0. The first-order valence-corrected chi connectivity index (χ1v) is 8.93. The Kier molecular flexibility index (Phi) is 5.74. The van der Waals surface area contributed by atoms with Gasteiger partial charge >= 0.3 is 0 Å². The van der Waals surface area contributed by atoms with Crippen LogP contribution in [-0.2, 0) is 14.2 Å². The molecule has 0 radical (unpaired) electrons. The summed E-state index contributed by atoms with van der Waals surface area (Å²) in [6.45, 7) is 5.96. The lowest BCUT2D eigenvalue weighted by molar-refractivity contribution is -0.919. The molecular formula is C17H32NO4+. The molecule has 2 bridgehead atoms. The number of hydrogen-bond donors (Lipinski definition) is 1. The van der Waals surface area contributed by atoms with Crippen molar-refractivity contribution in [1.29, 1.82) is 0 Å². The number of ether oxygens (including phenoxy) is 3. The molecule has 3 aliphatic rings. The van der Waals surface area contributed by atoms with E-state index in [2.05, 4.69) is 7.05 Å². The minimum Gasteiger partial charge on any atom is -0.385 e. The molecule has 1 N–H and O–H groups in total. The maximum atomic E-state index is 10.1. The highest BCUT2D eigenvalue weighted by Crippen LogP contribution is 2.45. The maximum absolute atomic E-state index is 10.1. The Morgan fingerprint density at radius 3 is 2.68 bits per heavy atom. The molecule has 4 atom stereocenters. The normalized spacial score (nSPS) is 34.9. The largest absolute Gasteiger partial charge is 0.385 e. The Morgan fingerprint density at radius 2 is 2.00 bits per heavy atom. The number of nitrogens with zero attached hydrogens (tertiary/aromatic N) is 1. The monoisotopic (exact) mass is 314 g/mol. The third-order valence-electron chi connectivity index (χ3n) is 5.75. The molecule has 1 saturated heterocycles. The van der Waals surface area contributed by atoms with Gasteiger partial charge in [0.2, 0.25) is 0 Å². The van der Waals surface area contributed by atoms with Gasteiger partial charge in [-0.05, 0) is 37.5 Å². The fraction of sp³-hybridized carbons (Fsp3) is 1.00. The summed E-state index contributed by atoms with van der Waals surface area (Å²) in [5.74, 6) is 1.73.